The third-order valence-corrected chi connectivity index (χ3v) is 1.71. The van der Waals surface area contributed by atoms with Crippen molar-refractivity contribution in [1.82, 2.24) is 0 Å². The molecular weight excluding hydrogens is 188 g/mol. The molecule has 0 aliphatic carbocycles. The summed E-state index contributed by atoms with van der Waals surface area (Å²) in [4.78, 5) is 4.10. The average Bonchev–Trinajstić information content (AvgIpc) is 2.34. The Hall–Kier alpha value is -0.791. The first-order valence-corrected chi connectivity index (χ1v) is 3.26. The Morgan fingerprint density at radius 1 is 1.27 bits per heavy atom. The van der Waals surface area contributed by atoms with Crippen LogP contribution in [0.4, 0.5) is 0 Å². The maximum atomic E-state index is 5.60. The normalized spacial score (nSPS) is 13.3. The van der Waals surface area contributed by atoms with Crippen LogP contribution in [0.2, 0.25) is 0 Å². The van der Waals surface area contributed by atoms with E-state index in [0.29, 0.717) is 5.84 Å². The average molecular weight is 196 g/mol. The van der Waals surface area contributed by atoms with Gasteiger partial charge in [-0.1, -0.05) is 24.3 Å². The monoisotopic (exact) mass is 195 g/mol. The van der Waals surface area contributed by atoms with E-state index >= 15 is 0 Å². The predicted octanol–water partition coefficient (Wildman–Crippen LogP) is 0.903. The molecule has 0 atom stereocenters. The molecule has 1 aliphatic heterocycles. The summed E-state index contributed by atoms with van der Waals surface area (Å²) < 4.78 is 0. The van der Waals surface area contributed by atoms with E-state index in [0.717, 1.165) is 12.1 Å². The zero-order valence-corrected chi connectivity index (χ0v) is 6.78. The topological polar surface area (TPSA) is 38.4 Å². The van der Waals surface area contributed by atoms with Crippen molar-refractivity contribution in [3.63, 3.8) is 0 Å². The van der Waals surface area contributed by atoms with Gasteiger partial charge >= 0.3 is 0 Å². The molecule has 2 nitrogen and oxygen atoms in total. The van der Waals surface area contributed by atoms with Crippen LogP contribution in [-0.4, -0.2) is 5.84 Å². The van der Waals surface area contributed by atoms with E-state index in [4.69, 9.17) is 5.73 Å². The minimum absolute atomic E-state index is 0. The largest absolute Gasteiger partial charge is 0.383 e. The number of hydrogen-bond acceptors (Lipinski definition) is 2. The van der Waals surface area contributed by atoms with Crippen molar-refractivity contribution in [2.24, 2.45) is 10.7 Å². The molecule has 1 aliphatic rings. The van der Waals surface area contributed by atoms with Crippen LogP contribution in [0.5, 0.6) is 0 Å². The van der Waals surface area contributed by atoms with Crippen LogP contribution < -0.4 is 5.73 Å². The molecule has 0 aromatic heterocycles. The molecule has 1 aromatic carbocycles. The van der Waals surface area contributed by atoms with Crippen molar-refractivity contribution in [1.29, 1.82) is 0 Å². The van der Waals surface area contributed by atoms with Crippen LogP contribution in [0, 0.1) is 0 Å². The molecule has 1 radical (unpaired) electrons. The maximum absolute atomic E-state index is 5.60. The Labute approximate surface area is 76.0 Å². The van der Waals surface area contributed by atoms with Gasteiger partial charge in [0.05, 0.1) is 6.54 Å². The SMILES string of the molecule is NC1=NCc2ccccc21.[Cu]. The second-order valence-corrected chi connectivity index (χ2v) is 2.36. The van der Waals surface area contributed by atoms with Gasteiger partial charge in [0, 0.05) is 22.6 Å². The third kappa shape index (κ3) is 1.30. The second-order valence-electron chi connectivity index (χ2n) is 2.36. The van der Waals surface area contributed by atoms with Crippen molar-refractivity contribution in [3.8, 4) is 0 Å². The number of nitrogens with zero attached hydrogens (tertiary/aromatic N) is 1. The van der Waals surface area contributed by atoms with Crippen molar-refractivity contribution in [3.05, 3.63) is 35.4 Å². The standard InChI is InChI=1S/C8H8N2.Cu/c9-8-7-4-2-1-3-6(7)5-10-8;/h1-4H,5H2,(H2,9,10);. The minimum atomic E-state index is 0. The molecule has 0 amide bonds. The van der Waals surface area contributed by atoms with Gasteiger partial charge in [-0.3, -0.25) is 4.99 Å². The van der Waals surface area contributed by atoms with Crippen molar-refractivity contribution >= 4 is 5.84 Å². The zero-order chi connectivity index (χ0) is 6.97. The number of benzene rings is 1. The van der Waals surface area contributed by atoms with Gasteiger partial charge in [-0.15, -0.1) is 0 Å². The first-order chi connectivity index (χ1) is 4.88. The molecule has 1 aromatic rings. The molecule has 1 heterocycles. The molecule has 3 heteroatoms. The molecule has 2 N–H and O–H groups in total. The van der Waals surface area contributed by atoms with E-state index in [2.05, 4.69) is 11.1 Å². The van der Waals surface area contributed by atoms with Gasteiger partial charge in [0.15, 0.2) is 0 Å². The van der Waals surface area contributed by atoms with E-state index in [9.17, 15) is 0 Å². The quantitative estimate of drug-likeness (QED) is 0.614. The summed E-state index contributed by atoms with van der Waals surface area (Å²) in [5, 5.41) is 0. The number of fused-ring (bicyclic) bond motifs is 1. The smallest absolute Gasteiger partial charge is 0.126 e. The van der Waals surface area contributed by atoms with E-state index < -0.39 is 0 Å². The summed E-state index contributed by atoms with van der Waals surface area (Å²) >= 11 is 0. The second kappa shape index (κ2) is 3.07. The molecule has 0 spiro atoms. The van der Waals surface area contributed by atoms with Crippen molar-refractivity contribution in [2.45, 2.75) is 6.54 Å². The zero-order valence-electron chi connectivity index (χ0n) is 5.84. The van der Waals surface area contributed by atoms with Crippen molar-refractivity contribution in [2.75, 3.05) is 0 Å². The summed E-state index contributed by atoms with van der Waals surface area (Å²) in [6, 6.07) is 8.04. The molecule has 2 rings (SSSR count). The number of nitrogens with two attached hydrogens (primary N) is 1. The molecular formula is C8H8CuN2. The van der Waals surface area contributed by atoms with Crippen LogP contribution in [0.1, 0.15) is 11.1 Å². The van der Waals surface area contributed by atoms with Gasteiger partial charge in [0.2, 0.25) is 0 Å². The number of rotatable bonds is 0. The van der Waals surface area contributed by atoms with Crippen molar-refractivity contribution < 1.29 is 17.1 Å². The molecule has 0 fully saturated rings. The van der Waals surface area contributed by atoms with E-state index in [1.54, 1.807) is 0 Å². The summed E-state index contributed by atoms with van der Waals surface area (Å²) in [6.07, 6.45) is 0. The van der Waals surface area contributed by atoms with Crippen LogP contribution in [0.15, 0.2) is 29.3 Å². The Bertz CT molecular complexity index is 294. The molecule has 61 valence electrons. The van der Waals surface area contributed by atoms with Crippen LogP contribution in [0.3, 0.4) is 0 Å². The van der Waals surface area contributed by atoms with Gasteiger partial charge in [0.25, 0.3) is 0 Å². The molecule has 0 unspecified atom stereocenters. The van der Waals surface area contributed by atoms with Crippen LogP contribution >= 0.6 is 0 Å². The number of hydrogen-bond donors (Lipinski definition) is 1. The fraction of sp³-hybridized carbons (Fsp3) is 0.125. The van der Waals surface area contributed by atoms with Gasteiger partial charge < -0.3 is 5.73 Å². The van der Waals surface area contributed by atoms with Crippen LogP contribution in [-0.2, 0) is 23.6 Å². The maximum Gasteiger partial charge on any atom is 0.126 e. The summed E-state index contributed by atoms with van der Waals surface area (Å²) in [6.45, 7) is 0.752. The number of aliphatic imine (C=N–C) groups is 1. The fourth-order valence-electron chi connectivity index (χ4n) is 1.16. The molecule has 0 bridgehead atoms. The molecule has 11 heavy (non-hydrogen) atoms. The Morgan fingerprint density at radius 2 is 2.00 bits per heavy atom. The Balaban J connectivity index is 0.000000605. The van der Waals surface area contributed by atoms with E-state index in [1.165, 1.54) is 5.56 Å². The summed E-state index contributed by atoms with van der Waals surface area (Å²) in [5.74, 6) is 0.676. The van der Waals surface area contributed by atoms with Gasteiger partial charge in [-0.05, 0) is 5.56 Å². The van der Waals surface area contributed by atoms with Gasteiger partial charge in [-0.25, -0.2) is 0 Å². The van der Waals surface area contributed by atoms with E-state index in [1.807, 2.05) is 18.2 Å². The molecule has 0 saturated heterocycles. The Morgan fingerprint density at radius 3 is 2.73 bits per heavy atom. The van der Waals surface area contributed by atoms with Gasteiger partial charge in [-0.2, -0.15) is 0 Å². The predicted molar refractivity (Wildman–Crippen MR) is 40.9 cm³/mol. The van der Waals surface area contributed by atoms with Gasteiger partial charge in [0.1, 0.15) is 5.84 Å². The van der Waals surface area contributed by atoms with Crippen LogP contribution in [0.25, 0.3) is 0 Å². The Kier molecular flexibility index (Phi) is 2.32. The van der Waals surface area contributed by atoms with E-state index in [-0.39, 0.29) is 17.1 Å². The number of amidine groups is 1. The summed E-state index contributed by atoms with van der Waals surface area (Å²) in [7, 11) is 0. The fourth-order valence-corrected chi connectivity index (χ4v) is 1.16. The minimum Gasteiger partial charge on any atom is -0.383 e. The molecule has 0 saturated carbocycles. The first kappa shape index (κ1) is 8.31. The first-order valence-electron chi connectivity index (χ1n) is 3.26. The summed E-state index contributed by atoms with van der Waals surface area (Å²) in [5.41, 5.74) is 7.93. The third-order valence-electron chi connectivity index (χ3n) is 1.71.